The lowest BCUT2D eigenvalue weighted by molar-refractivity contribution is -0.140. The molecule has 3 fully saturated rings. The van der Waals surface area contributed by atoms with Crippen LogP contribution in [0.15, 0.2) is 84.9 Å². The fourth-order valence-corrected chi connectivity index (χ4v) is 9.92. The van der Waals surface area contributed by atoms with Crippen LogP contribution < -0.4 is 20.1 Å². The summed E-state index contributed by atoms with van der Waals surface area (Å²) in [6, 6.07) is 17.8. The molecule has 0 unspecified atom stereocenters. The Kier molecular flexibility index (Phi) is 11.2. The number of rotatable bonds is 9. The van der Waals surface area contributed by atoms with Crippen molar-refractivity contribution in [3.63, 3.8) is 0 Å². The molecule has 0 spiro atoms. The Hall–Kier alpha value is -5.38. The second-order valence-electron chi connectivity index (χ2n) is 17.4. The molecule has 3 amide bonds. The lowest BCUT2D eigenvalue weighted by Crippen LogP contribution is -2.58. The molecule has 1 saturated heterocycles. The van der Waals surface area contributed by atoms with Gasteiger partial charge in [0.05, 0.1) is 22.4 Å². The maximum atomic E-state index is 14.8. The number of alkyl halides is 3. The van der Waals surface area contributed by atoms with Crippen molar-refractivity contribution in [2.75, 3.05) is 11.9 Å². The number of sulfonamides is 1. The minimum atomic E-state index is -4.54. The highest BCUT2D eigenvalue weighted by Gasteiger charge is 2.63. The van der Waals surface area contributed by atoms with Crippen molar-refractivity contribution in [2.24, 2.45) is 5.92 Å². The van der Waals surface area contributed by atoms with Crippen molar-refractivity contribution >= 4 is 44.5 Å². The monoisotopic (exact) mass is 860 g/mol. The predicted molar refractivity (Wildman–Crippen MR) is 225 cm³/mol. The van der Waals surface area contributed by atoms with E-state index in [4.69, 9.17) is 9.72 Å². The van der Waals surface area contributed by atoms with E-state index in [2.05, 4.69) is 15.4 Å². The first-order chi connectivity index (χ1) is 29.0. The first kappa shape index (κ1) is 42.3. The number of hydrogen-bond donors (Lipinski definition) is 3. The molecule has 1 aromatic heterocycles. The molecular weight excluding hydrogens is 810 g/mol. The zero-order valence-electron chi connectivity index (χ0n) is 34.4. The van der Waals surface area contributed by atoms with Crippen LogP contribution in [0.1, 0.15) is 90.2 Å². The van der Waals surface area contributed by atoms with Crippen LogP contribution in [0, 0.1) is 5.92 Å². The minimum absolute atomic E-state index is 0.0130. The van der Waals surface area contributed by atoms with E-state index >= 15 is 0 Å². The fraction of sp³-hybridized carbons (Fsp3) is 0.467. The lowest BCUT2D eigenvalue weighted by Gasteiger charge is -2.30. The van der Waals surface area contributed by atoms with E-state index in [-0.39, 0.29) is 37.3 Å². The summed E-state index contributed by atoms with van der Waals surface area (Å²) in [6.45, 7) is 5.42. The van der Waals surface area contributed by atoms with Crippen LogP contribution in [-0.2, 0) is 30.6 Å². The normalized spacial score (nSPS) is 26.0. The van der Waals surface area contributed by atoms with Crippen molar-refractivity contribution in [2.45, 2.75) is 119 Å². The Morgan fingerprint density at radius 1 is 1.00 bits per heavy atom. The van der Waals surface area contributed by atoms with Gasteiger partial charge >= 0.3 is 6.18 Å². The van der Waals surface area contributed by atoms with Gasteiger partial charge in [-0.2, -0.15) is 18.2 Å². The number of carbonyl (C=O) groups excluding carboxylic acids is 3. The summed E-state index contributed by atoms with van der Waals surface area (Å²) in [5.41, 5.74) is 0.277. The molecule has 3 N–H and O–H groups in total. The Balaban J connectivity index is 1.14. The summed E-state index contributed by atoms with van der Waals surface area (Å²) in [5.74, 6) is -2.20. The quantitative estimate of drug-likeness (QED) is 0.146. The van der Waals surface area contributed by atoms with Crippen LogP contribution in [0.3, 0.4) is 0 Å². The highest BCUT2D eigenvalue weighted by Crippen LogP contribution is 2.48. The number of carbonyl (C=O) groups is 3. The van der Waals surface area contributed by atoms with E-state index in [1.54, 1.807) is 25.1 Å². The van der Waals surface area contributed by atoms with Crippen LogP contribution in [0.5, 0.6) is 6.01 Å². The van der Waals surface area contributed by atoms with Gasteiger partial charge in [-0.05, 0) is 95.2 Å². The molecule has 3 aromatic carbocycles. The highest BCUT2D eigenvalue weighted by atomic mass is 32.2. The number of allylic oxidation sites excluding steroid dienone is 1. The summed E-state index contributed by atoms with van der Waals surface area (Å²) in [6.07, 6.45) is 3.21. The SMILES string of the molecule is CC(C)n1c(O[C@@H]2C[C@H]3C(=O)N[C@]4(C(=O)NS(=O)(=O)C5(C)CC5)C[C@H]4/C=C\CCCCC[C@H](Nc4ccccc4)C(=O)N3C2)nc2c(-c3cccc(C(F)(F)F)c3)cccc21. The first-order valence-corrected chi connectivity index (χ1v) is 22.5. The predicted octanol–water partition coefficient (Wildman–Crippen LogP) is 7.53. The van der Waals surface area contributed by atoms with Crippen LogP contribution in [0.4, 0.5) is 18.9 Å². The number of para-hydroxylation sites is 2. The molecule has 4 aromatic rings. The van der Waals surface area contributed by atoms with Crippen molar-refractivity contribution in [1.29, 1.82) is 0 Å². The second kappa shape index (κ2) is 16.1. The van der Waals surface area contributed by atoms with Gasteiger partial charge in [-0.15, -0.1) is 0 Å². The maximum absolute atomic E-state index is 14.8. The van der Waals surface area contributed by atoms with Gasteiger partial charge in [0.15, 0.2) is 0 Å². The molecule has 3 heterocycles. The molecule has 4 aliphatic rings. The molecule has 12 nitrogen and oxygen atoms in total. The van der Waals surface area contributed by atoms with Crippen LogP contribution in [0.2, 0.25) is 0 Å². The maximum Gasteiger partial charge on any atom is 0.416 e. The average molecular weight is 861 g/mol. The summed E-state index contributed by atoms with van der Waals surface area (Å²) in [7, 11) is -4.02. The molecule has 0 radical (unpaired) electrons. The van der Waals surface area contributed by atoms with E-state index in [1.807, 2.05) is 67.0 Å². The van der Waals surface area contributed by atoms with Gasteiger partial charge in [-0.3, -0.25) is 23.7 Å². The third-order valence-electron chi connectivity index (χ3n) is 12.6. The molecule has 2 saturated carbocycles. The number of fused-ring (bicyclic) bond motifs is 3. The molecule has 16 heteroatoms. The van der Waals surface area contributed by atoms with Crippen LogP contribution >= 0.6 is 0 Å². The van der Waals surface area contributed by atoms with E-state index in [0.717, 1.165) is 43.5 Å². The van der Waals surface area contributed by atoms with Crippen molar-refractivity contribution in [3.05, 3.63) is 90.5 Å². The van der Waals surface area contributed by atoms with Crippen molar-refractivity contribution in [3.8, 4) is 17.1 Å². The highest BCUT2D eigenvalue weighted by molar-refractivity contribution is 7.91. The van der Waals surface area contributed by atoms with Crippen LogP contribution in [0.25, 0.3) is 22.2 Å². The Morgan fingerprint density at radius 3 is 2.48 bits per heavy atom. The Labute approximate surface area is 353 Å². The zero-order chi connectivity index (χ0) is 43.3. The van der Waals surface area contributed by atoms with Crippen LogP contribution in [-0.4, -0.2) is 75.6 Å². The molecule has 2 aliphatic carbocycles. The number of nitrogens with zero attached hydrogens (tertiary/aromatic N) is 3. The van der Waals surface area contributed by atoms with E-state index in [1.165, 1.54) is 11.0 Å². The van der Waals surface area contributed by atoms with E-state index in [0.29, 0.717) is 41.4 Å². The topological polar surface area (TPSA) is 152 Å². The number of aromatic nitrogens is 2. The lowest BCUT2D eigenvalue weighted by atomic mass is 10.0. The molecule has 2 aliphatic heterocycles. The molecule has 0 bridgehead atoms. The standard InChI is InChI=1S/C45H51F3N6O6S/c1-28(2)54-36-21-13-19-34(29-14-12-16-30(24-29)45(46,47)48)38(36)50-42(54)60-33-25-37-39(55)51-44(41(57)52-61(58,59)43(3)22-23-43)26-31(44)15-8-5-4-6-11-20-35(40(56)53(37)27-33)49-32-17-9-7-10-18-32/h7-10,12-19,21,24,28,31,33,35,37,49H,4-6,11,20,22-23,25-27H2,1-3H3,(H,51,55)(H,52,57)/b15-8-/t31-,33-,35+,37+,44-/m1/s1. The van der Waals surface area contributed by atoms with Gasteiger partial charge in [0, 0.05) is 29.6 Å². The minimum Gasteiger partial charge on any atom is -0.459 e. The largest absolute Gasteiger partial charge is 0.459 e. The number of halogens is 3. The van der Waals surface area contributed by atoms with Gasteiger partial charge in [-0.1, -0.05) is 67.5 Å². The smallest absolute Gasteiger partial charge is 0.416 e. The molecule has 61 heavy (non-hydrogen) atoms. The van der Waals surface area contributed by atoms with Gasteiger partial charge in [0.1, 0.15) is 29.2 Å². The number of imidazole rings is 1. The number of hydrogen-bond acceptors (Lipinski definition) is 8. The van der Waals surface area contributed by atoms with Crippen molar-refractivity contribution in [1.82, 2.24) is 24.5 Å². The van der Waals surface area contributed by atoms with Crippen molar-refractivity contribution < 1.29 is 40.7 Å². The summed E-state index contributed by atoms with van der Waals surface area (Å²) < 4.78 is 77.4. The van der Waals surface area contributed by atoms with Gasteiger partial charge < -0.3 is 20.3 Å². The fourth-order valence-electron chi connectivity index (χ4n) is 8.61. The van der Waals surface area contributed by atoms with E-state index in [9.17, 15) is 36.0 Å². The number of amides is 3. The van der Waals surface area contributed by atoms with Gasteiger partial charge in [-0.25, -0.2) is 8.42 Å². The average Bonchev–Trinajstić information content (AvgIpc) is 4.04. The second-order valence-corrected chi connectivity index (χ2v) is 19.6. The summed E-state index contributed by atoms with van der Waals surface area (Å²) >= 11 is 0. The van der Waals surface area contributed by atoms with E-state index < -0.39 is 68.0 Å². The number of nitrogens with one attached hydrogen (secondary N) is 3. The summed E-state index contributed by atoms with van der Waals surface area (Å²) in [5, 5.41) is 6.31. The number of benzene rings is 3. The Morgan fingerprint density at radius 2 is 1.75 bits per heavy atom. The van der Waals surface area contributed by atoms with Gasteiger partial charge in [0.2, 0.25) is 21.8 Å². The molecular formula is C45H51F3N6O6S. The zero-order valence-corrected chi connectivity index (χ0v) is 35.2. The number of ether oxygens (including phenoxy) is 1. The van der Waals surface area contributed by atoms with Gasteiger partial charge in [0.25, 0.3) is 11.9 Å². The molecule has 324 valence electrons. The number of anilines is 1. The molecule has 8 rings (SSSR count). The third-order valence-corrected chi connectivity index (χ3v) is 14.7. The Bertz CT molecular complexity index is 2470. The summed E-state index contributed by atoms with van der Waals surface area (Å²) in [4.78, 5) is 49.7. The first-order valence-electron chi connectivity index (χ1n) is 21.0. The third kappa shape index (κ3) is 8.47. The molecule has 5 atom stereocenters.